The highest BCUT2D eigenvalue weighted by molar-refractivity contribution is 5.97. The average Bonchev–Trinajstić information content (AvgIpc) is 2.49. The zero-order chi connectivity index (χ0) is 15.2. The Morgan fingerprint density at radius 2 is 2.38 bits per heavy atom. The van der Waals surface area contributed by atoms with E-state index < -0.39 is 5.97 Å². The van der Waals surface area contributed by atoms with Crippen molar-refractivity contribution in [1.29, 1.82) is 0 Å². The molecule has 0 spiro atoms. The third kappa shape index (κ3) is 3.44. The molecular weight excluding hydrogens is 270 g/mol. The maximum Gasteiger partial charge on any atom is 0.340 e. The van der Waals surface area contributed by atoms with Crippen molar-refractivity contribution in [1.82, 2.24) is 4.98 Å². The SMILES string of the molecule is CCOC(=O)c1ccnc(N2CCCCC2CCO)c1N. The Bertz CT molecular complexity index is 491. The number of hydrogen-bond donors (Lipinski definition) is 2. The number of aromatic nitrogens is 1. The van der Waals surface area contributed by atoms with Crippen LogP contribution in [0.5, 0.6) is 0 Å². The van der Waals surface area contributed by atoms with E-state index >= 15 is 0 Å². The highest BCUT2D eigenvalue weighted by Gasteiger charge is 2.26. The van der Waals surface area contributed by atoms with Gasteiger partial charge in [-0.3, -0.25) is 0 Å². The van der Waals surface area contributed by atoms with Crippen molar-refractivity contribution in [3.63, 3.8) is 0 Å². The lowest BCUT2D eigenvalue weighted by molar-refractivity contribution is 0.0527. The van der Waals surface area contributed by atoms with Crippen molar-refractivity contribution in [2.45, 2.75) is 38.6 Å². The molecule has 6 nitrogen and oxygen atoms in total. The summed E-state index contributed by atoms with van der Waals surface area (Å²) in [6.45, 7) is 3.05. The number of hydrogen-bond acceptors (Lipinski definition) is 6. The van der Waals surface area contributed by atoms with Crippen LogP contribution in [0.15, 0.2) is 12.3 Å². The van der Waals surface area contributed by atoms with Gasteiger partial charge in [0.05, 0.1) is 17.9 Å². The van der Waals surface area contributed by atoms with E-state index in [9.17, 15) is 9.90 Å². The van der Waals surface area contributed by atoms with Crippen molar-refractivity contribution in [2.24, 2.45) is 0 Å². The number of nitrogen functional groups attached to an aromatic ring is 1. The number of aliphatic hydroxyl groups is 1. The molecule has 0 bridgehead atoms. The molecule has 0 amide bonds. The Labute approximate surface area is 124 Å². The molecule has 1 aromatic heterocycles. The standard InChI is InChI=1S/C15H23N3O3/c1-2-21-15(20)12-6-8-17-14(13(12)16)18-9-4-3-5-11(18)7-10-19/h6,8,11,19H,2-5,7,9-10,16H2,1H3. The molecule has 0 saturated carbocycles. The smallest absolute Gasteiger partial charge is 0.340 e. The number of aliphatic hydroxyl groups excluding tert-OH is 1. The number of esters is 1. The second-order valence-electron chi connectivity index (χ2n) is 5.17. The van der Waals surface area contributed by atoms with Crippen LogP contribution in [0.1, 0.15) is 43.0 Å². The maximum absolute atomic E-state index is 11.9. The molecule has 1 aliphatic rings. The second-order valence-corrected chi connectivity index (χ2v) is 5.17. The summed E-state index contributed by atoms with van der Waals surface area (Å²) in [5.74, 6) is 0.202. The minimum Gasteiger partial charge on any atom is -0.462 e. The third-order valence-electron chi connectivity index (χ3n) is 3.83. The van der Waals surface area contributed by atoms with Crippen molar-refractivity contribution in [2.75, 3.05) is 30.4 Å². The van der Waals surface area contributed by atoms with Crippen LogP contribution in [-0.2, 0) is 4.74 Å². The summed E-state index contributed by atoms with van der Waals surface area (Å²) in [5, 5.41) is 9.21. The maximum atomic E-state index is 11.9. The molecule has 2 rings (SSSR count). The van der Waals surface area contributed by atoms with Crippen LogP contribution in [0.4, 0.5) is 11.5 Å². The summed E-state index contributed by atoms with van der Waals surface area (Å²) >= 11 is 0. The zero-order valence-electron chi connectivity index (χ0n) is 12.4. The van der Waals surface area contributed by atoms with Crippen molar-refractivity contribution >= 4 is 17.5 Å². The van der Waals surface area contributed by atoms with E-state index in [-0.39, 0.29) is 12.6 Å². The van der Waals surface area contributed by atoms with Crippen LogP contribution in [0.25, 0.3) is 0 Å². The van der Waals surface area contributed by atoms with E-state index in [1.807, 2.05) is 0 Å². The lowest BCUT2D eigenvalue weighted by atomic mass is 9.99. The van der Waals surface area contributed by atoms with E-state index in [1.54, 1.807) is 19.2 Å². The predicted octanol–water partition coefficient (Wildman–Crippen LogP) is 1.58. The van der Waals surface area contributed by atoms with Gasteiger partial charge in [-0.05, 0) is 38.7 Å². The molecular formula is C15H23N3O3. The lowest BCUT2D eigenvalue weighted by Crippen LogP contribution is -2.41. The molecule has 1 fully saturated rings. The topological polar surface area (TPSA) is 88.7 Å². The second kappa shape index (κ2) is 7.26. The molecule has 1 saturated heterocycles. The number of ether oxygens (including phenoxy) is 1. The van der Waals surface area contributed by atoms with Crippen molar-refractivity contribution in [3.05, 3.63) is 17.8 Å². The number of rotatable bonds is 5. The fourth-order valence-electron chi connectivity index (χ4n) is 2.81. The number of nitrogens with zero attached hydrogens (tertiary/aromatic N) is 2. The lowest BCUT2D eigenvalue weighted by Gasteiger charge is -2.37. The van der Waals surface area contributed by atoms with Gasteiger partial charge in [0, 0.05) is 25.4 Å². The van der Waals surface area contributed by atoms with Gasteiger partial charge in [0.25, 0.3) is 0 Å². The van der Waals surface area contributed by atoms with Gasteiger partial charge in [0.15, 0.2) is 5.82 Å². The first kappa shape index (κ1) is 15.6. The Morgan fingerprint density at radius 3 is 3.10 bits per heavy atom. The van der Waals surface area contributed by atoms with Crippen LogP contribution in [0.3, 0.4) is 0 Å². The minimum atomic E-state index is -0.422. The fraction of sp³-hybridized carbons (Fsp3) is 0.600. The van der Waals surface area contributed by atoms with Crippen molar-refractivity contribution in [3.8, 4) is 0 Å². The third-order valence-corrected chi connectivity index (χ3v) is 3.83. The molecule has 2 heterocycles. The van der Waals surface area contributed by atoms with Gasteiger partial charge < -0.3 is 20.5 Å². The van der Waals surface area contributed by atoms with Gasteiger partial charge in [-0.25, -0.2) is 9.78 Å². The molecule has 0 aromatic carbocycles. The Morgan fingerprint density at radius 1 is 1.57 bits per heavy atom. The van der Waals surface area contributed by atoms with E-state index in [2.05, 4.69) is 9.88 Å². The Kier molecular flexibility index (Phi) is 5.38. The molecule has 1 unspecified atom stereocenters. The number of nitrogens with two attached hydrogens (primary N) is 1. The summed E-state index contributed by atoms with van der Waals surface area (Å²) < 4.78 is 5.02. The van der Waals surface area contributed by atoms with E-state index in [1.165, 1.54) is 0 Å². The first-order valence-electron chi connectivity index (χ1n) is 7.48. The first-order chi connectivity index (χ1) is 10.2. The Balaban J connectivity index is 2.29. The quantitative estimate of drug-likeness (QED) is 0.801. The van der Waals surface area contributed by atoms with Crippen LogP contribution < -0.4 is 10.6 Å². The van der Waals surface area contributed by atoms with Gasteiger partial charge in [-0.2, -0.15) is 0 Å². The highest BCUT2D eigenvalue weighted by Crippen LogP contribution is 2.31. The highest BCUT2D eigenvalue weighted by atomic mass is 16.5. The summed E-state index contributed by atoms with van der Waals surface area (Å²) in [5.41, 5.74) is 6.85. The number of piperidine rings is 1. The summed E-state index contributed by atoms with van der Waals surface area (Å²) in [4.78, 5) is 18.4. The average molecular weight is 293 g/mol. The van der Waals surface area contributed by atoms with Crippen molar-refractivity contribution < 1.29 is 14.6 Å². The van der Waals surface area contributed by atoms with Crippen LogP contribution in [0, 0.1) is 0 Å². The van der Waals surface area contributed by atoms with E-state index in [4.69, 9.17) is 10.5 Å². The van der Waals surface area contributed by atoms with Gasteiger partial charge >= 0.3 is 5.97 Å². The fourth-order valence-corrected chi connectivity index (χ4v) is 2.81. The molecule has 116 valence electrons. The summed E-state index contributed by atoms with van der Waals surface area (Å²) in [6, 6.07) is 1.80. The molecule has 0 aliphatic carbocycles. The zero-order valence-corrected chi connectivity index (χ0v) is 12.4. The van der Waals surface area contributed by atoms with Crippen LogP contribution in [0.2, 0.25) is 0 Å². The molecule has 1 aliphatic heterocycles. The van der Waals surface area contributed by atoms with E-state index in [0.29, 0.717) is 30.1 Å². The number of carbonyl (C=O) groups excluding carboxylic acids is 1. The molecule has 1 atom stereocenters. The van der Waals surface area contributed by atoms with Gasteiger partial charge in [0.2, 0.25) is 0 Å². The van der Waals surface area contributed by atoms with Gasteiger partial charge in [0.1, 0.15) is 0 Å². The molecule has 21 heavy (non-hydrogen) atoms. The number of pyridine rings is 1. The Hall–Kier alpha value is -1.82. The van der Waals surface area contributed by atoms with Gasteiger partial charge in [-0.1, -0.05) is 0 Å². The minimum absolute atomic E-state index is 0.138. The number of anilines is 2. The van der Waals surface area contributed by atoms with Gasteiger partial charge in [-0.15, -0.1) is 0 Å². The molecule has 6 heteroatoms. The largest absolute Gasteiger partial charge is 0.462 e. The summed E-state index contributed by atoms with van der Waals surface area (Å²) in [7, 11) is 0. The monoisotopic (exact) mass is 293 g/mol. The van der Waals surface area contributed by atoms with E-state index in [0.717, 1.165) is 25.8 Å². The normalized spacial score (nSPS) is 18.6. The molecule has 3 N–H and O–H groups in total. The van der Waals surface area contributed by atoms with Crippen LogP contribution >= 0.6 is 0 Å². The number of carbonyl (C=O) groups is 1. The molecule has 1 aromatic rings. The predicted molar refractivity (Wildman–Crippen MR) is 81.3 cm³/mol. The summed E-state index contributed by atoms with van der Waals surface area (Å²) in [6.07, 6.45) is 5.48. The first-order valence-corrected chi connectivity index (χ1v) is 7.48. The van der Waals surface area contributed by atoms with Crippen LogP contribution in [-0.4, -0.2) is 41.9 Å². The molecule has 0 radical (unpaired) electrons.